The van der Waals surface area contributed by atoms with Crippen molar-refractivity contribution in [1.29, 1.82) is 0 Å². The number of nitrogens with zero attached hydrogens (tertiary/aromatic N) is 4. The van der Waals surface area contributed by atoms with Crippen molar-refractivity contribution in [2.45, 2.75) is 58.0 Å². The first-order chi connectivity index (χ1) is 14.2. The van der Waals surface area contributed by atoms with Gasteiger partial charge in [-0.3, -0.25) is 4.79 Å². The van der Waals surface area contributed by atoms with Crippen molar-refractivity contribution in [3.05, 3.63) is 51.2 Å². The lowest BCUT2D eigenvalue weighted by atomic mass is 10.1. The van der Waals surface area contributed by atoms with Crippen LogP contribution < -0.4 is 5.32 Å². The number of rotatable bonds is 8. The molecule has 3 rings (SSSR count). The number of hydrogen-bond acceptors (Lipinski definition) is 6. The van der Waals surface area contributed by atoms with Crippen LogP contribution in [-0.2, 0) is 17.8 Å². The van der Waals surface area contributed by atoms with E-state index >= 15 is 0 Å². The van der Waals surface area contributed by atoms with Gasteiger partial charge in [0.05, 0.1) is 10.9 Å². The van der Waals surface area contributed by atoms with Gasteiger partial charge in [0.25, 0.3) is 0 Å². The predicted molar refractivity (Wildman–Crippen MR) is 125 cm³/mol. The number of thioether (sulfide) groups is 1. The van der Waals surface area contributed by atoms with Gasteiger partial charge in [0, 0.05) is 22.9 Å². The molecule has 0 saturated heterocycles. The Kier molecular flexibility index (Phi) is 7.55. The minimum atomic E-state index is -0.326. The first-order valence-electron chi connectivity index (χ1n) is 9.81. The maximum absolute atomic E-state index is 12.7. The number of aromatic nitrogens is 4. The highest BCUT2D eigenvalue weighted by Gasteiger charge is 2.22. The molecule has 0 saturated carbocycles. The molecular formula is C21H26ClN5OS2. The van der Waals surface area contributed by atoms with Crippen LogP contribution in [-0.4, -0.2) is 30.9 Å². The lowest BCUT2D eigenvalue weighted by molar-refractivity contribution is -0.115. The van der Waals surface area contributed by atoms with Gasteiger partial charge in [0.1, 0.15) is 5.82 Å². The Morgan fingerprint density at radius 1 is 1.20 bits per heavy atom. The Morgan fingerprint density at radius 2 is 1.90 bits per heavy atom. The molecule has 6 nitrogen and oxygen atoms in total. The second-order valence-electron chi connectivity index (χ2n) is 7.62. The van der Waals surface area contributed by atoms with Crippen LogP contribution in [0.1, 0.15) is 42.7 Å². The van der Waals surface area contributed by atoms with Crippen LogP contribution >= 0.6 is 34.7 Å². The molecular weight excluding hydrogens is 438 g/mol. The molecule has 0 radical (unpaired) electrons. The van der Waals surface area contributed by atoms with Crippen LogP contribution in [0.2, 0.25) is 5.02 Å². The summed E-state index contributed by atoms with van der Waals surface area (Å²) in [5.74, 6) is 1.22. The molecule has 1 amide bonds. The molecule has 0 fully saturated rings. The SMILES string of the molecule is Cc1nc(NC(=O)[C@@H](C)Sc2nnc(Cc3ccc(Cl)cc3)n2CC(C)C)sc1C. The molecule has 0 aliphatic heterocycles. The molecule has 1 atom stereocenters. The lowest BCUT2D eigenvalue weighted by Gasteiger charge is -2.15. The third-order valence-electron chi connectivity index (χ3n) is 4.53. The number of carbonyl (C=O) groups excluding carboxylic acids is 1. The smallest absolute Gasteiger partial charge is 0.239 e. The normalized spacial score (nSPS) is 12.4. The first-order valence-corrected chi connectivity index (χ1v) is 11.9. The van der Waals surface area contributed by atoms with Crippen LogP contribution in [0.25, 0.3) is 0 Å². The van der Waals surface area contributed by atoms with Crippen molar-refractivity contribution in [2.24, 2.45) is 5.92 Å². The minimum absolute atomic E-state index is 0.0906. The number of hydrogen-bond donors (Lipinski definition) is 1. The van der Waals surface area contributed by atoms with Crippen molar-refractivity contribution in [2.75, 3.05) is 5.32 Å². The summed E-state index contributed by atoms with van der Waals surface area (Å²) in [6.07, 6.45) is 0.662. The Labute approximate surface area is 190 Å². The summed E-state index contributed by atoms with van der Waals surface area (Å²) in [5, 5.41) is 13.5. The zero-order valence-corrected chi connectivity index (χ0v) is 20.2. The van der Waals surface area contributed by atoms with Gasteiger partial charge in [-0.05, 0) is 44.4 Å². The largest absolute Gasteiger partial charge is 0.305 e. The molecule has 2 heterocycles. The van der Waals surface area contributed by atoms with Crippen LogP contribution in [0.4, 0.5) is 5.13 Å². The summed E-state index contributed by atoms with van der Waals surface area (Å²) in [6.45, 7) is 10.9. The third kappa shape index (κ3) is 5.83. The number of thiazole rings is 1. The van der Waals surface area contributed by atoms with Crippen molar-refractivity contribution in [1.82, 2.24) is 19.7 Å². The molecule has 1 aromatic carbocycles. The predicted octanol–water partition coefficient (Wildman–Crippen LogP) is 5.37. The molecule has 160 valence electrons. The highest BCUT2D eigenvalue weighted by Crippen LogP contribution is 2.27. The number of halogens is 1. The fourth-order valence-electron chi connectivity index (χ4n) is 2.82. The van der Waals surface area contributed by atoms with Crippen molar-refractivity contribution in [3.63, 3.8) is 0 Å². The zero-order valence-electron chi connectivity index (χ0n) is 17.8. The van der Waals surface area contributed by atoms with Crippen LogP contribution in [0.5, 0.6) is 0 Å². The molecule has 2 aromatic heterocycles. The maximum Gasteiger partial charge on any atom is 0.239 e. The monoisotopic (exact) mass is 463 g/mol. The Balaban J connectivity index is 1.74. The summed E-state index contributed by atoms with van der Waals surface area (Å²) in [4.78, 5) is 18.2. The second kappa shape index (κ2) is 9.94. The van der Waals surface area contributed by atoms with Gasteiger partial charge in [-0.25, -0.2) is 4.98 Å². The number of aryl methyl sites for hydroxylation is 2. The maximum atomic E-state index is 12.7. The van der Waals surface area contributed by atoms with Crippen molar-refractivity contribution in [3.8, 4) is 0 Å². The van der Waals surface area contributed by atoms with E-state index in [1.807, 2.05) is 45.0 Å². The van der Waals surface area contributed by atoms with Gasteiger partial charge in [-0.1, -0.05) is 49.3 Å². The van der Waals surface area contributed by atoms with E-state index in [9.17, 15) is 4.79 Å². The molecule has 0 spiro atoms. The van der Waals surface area contributed by atoms with Gasteiger partial charge in [-0.2, -0.15) is 0 Å². The van der Waals surface area contributed by atoms with Gasteiger partial charge in [0.15, 0.2) is 10.3 Å². The molecule has 0 aliphatic carbocycles. The Bertz CT molecular complexity index is 994. The summed E-state index contributed by atoms with van der Waals surface area (Å²) in [5.41, 5.74) is 2.06. The zero-order chi connectivity index (χ0) is 21.8. The van der Waals surface area contributed by atoms with Crippen LogP contribution in [0.3, 0.4) is 0 Å². The first kappa shape index (κ1) is 22.8. The topological polar surface area (TPSA) is 72.7 Å². The molecule has 3 aromatic rings. The highest BCUT2D eigenvalue weighted by atomic mass is 35.5. The van der Waals surface area contributed by atoms with E-state index < -0.39 is 0 Å². The number of nitrogens with one attached hydrogen (secondary N) is 1. The Hall–Kier alpha value is -1.90. The van der Waals surface area contributed by atoms with Crippen LogP contribution in [0, 0.1) is 19.8 Å². The summed E-state index contributed by atoms with van der Waals surface area (Å²) < 4.78 is 2.12. The van der Waals surface area contributed by atoms with Crippen molar-refractivity contribution >= 4 is 45.7 Å². The second-order valence-corrected chi connectivity index (χ2v) is 10.6. The van der Waals surface area contributed by atoms with E-state index in [2.05, 4.69) is 38.9 Å². The van der Waals surface area contributed by atoms with Crippen molar-refractivity contribution < 1.29 is 4.79 Å². The van der Waals surface area contributed by atoms with E-state index in [-0.39, 0.29) is 11.2 Å². The van der Waals surface area contributed by atoms with E-state index in [1.54, 1.807) is 0 Å². The third-order valence-corrected chi connectivity index (χ3v) is 6.85. The van der Waals surface area contributed by atoms with E-state index in [1.165, 1.54) is 23.1 Å². The molecule has 1 N–H and O–H groups in total. The van der Waals surface area contributed by atoms with Gasteiger partial charge in [-0.15, -0.1) is 21.5 Å². The number of anilines is 1. The fraction of sp³-hybridized carbons (Fsp3) is 0.429. The molecule has 9 heteroatoms. The fourth-order valence-corrected chi connectivity index (χ4v) is 4.64. The summed E-state index contributed by atoms with van der Waals surface area (Å²) in [6, 6.07) is 7.75. The average molecular weight is 464 g/mol. The molecule has 0 unspecified atom stereocenters. The molecule has 0 bridgehead atoms. The van der Waals surface area contributed by atoms with E-state index in [4.69, 9.17) is 11.6 Å². The highest BCUT2D eigenvalue weighted by molar-refractivity contribution is 8.00. The van der Waals surface area contributed by atoms with Gasteiger partial charge >= 0.3 is 0 Å². The Morgan fingerprint density at radius 3 is 2.50 bits per heavy atom. The quantitative estimate of drug-likeness (QED) is 0.454. The number of amides is 1. The lowest BCUT2D eigenvalue weighted by Crippen LogP contribution is -2.23. The average Bonchev–Trinajstić information content (AvgIpc) is 3.19. The van der Waals surface area contributed by atoms with Crippen LogP contribution in [0.15, 0.2) is 29.4 Å². The standard InChI is InChI=1S/C21H26ClN5OS2/c1-12(2)11-27-18(10-16-6-8-17(22)9-7-16)25-26-21(27)30-15(5)19(28)24-20-23-13(3)14(4)29-20/h6-9,12,15H,10-11H2,1-5H3,(H,23,24,28)/t15-/m1/s1. The van der Waals surface area contributed by atoms with E-state index in [0.717, 1.165) is 33.7 Å². The van der Waals surface area contributed by atoms with Gasteiger partial charge in [0.2, 0.25) is 5.91 Å². The summed E-state index contributed by atoms with van der Waals surface area (Å²) in [7, 11) is 0. The van der Waals surface area contributed by atoms with Gasteiger partial charge < -0.3 is 9.88 Å². The van der Waals surface area contributed by atoms with E-state index in [0.29, 0.717) is 22.5 Å². The minimum Gasteiger partial charge on any atom is -0.305 e. The molecule has 0 aliphatic rings. The number of carbonyl (C=O) groups is 1. The summed E-state index contributed by atoms with van der Waals surface area (Å²) >= 11 is 8.90. The number of benzene rings is 1. The molecule has 30 heavy (non-hydrogen) atoms.